The molecule has 0 aliphatic carbocycles. The van der Waals surface area contributed by atoms with Gasteiger partial charge < -0.3 is 19.8 Å². The molecule has 4 rings (SSSR count). The normalized spacial score (nSPS) is 11.1. The third kappa shape index (κ3) is 6.88. The maximum absolute atomic E-state index is 5.83. The molecule has 34 heavy (non-hydrogen) atoms. The van der Waals surface area contributed by atoms with Crippen molar-refractivity contribution in [2.75, 3.05) is 10.6 Å². The number of aryl methyl sites for hydroxylation is 2. The number of guanidine groups is 1. The van der Waals surface area contributed by atoms with Crippen molar-refractivity contribution in [1.29, 1.82) is 0 Å². The van der Waals surface area contributed by atoms with Crippen molar-refractivity contribution in [1.82, 2.24) is 15.3 Å². The summed E-state index contributed by atoms with van der Waals surface area (Å²) in [6.45, 7) is 4.13. The molecule has 0 aliphatic rings. The van der Waals surface area contributed by atoms with Crippen molar-refractivity contribution in [2.24, 2.45) is 4.99 Å². The van der Waals surface area contributed by atoms with Crippen molar-refractivity contribution in [2.45, 2.75) is 20.4 Å². The van der Waals surface area contributed by atoms with Crippen LogP contribution >= 0.6 is 12.2 Å². The van der Waals surface area contributed by atoms with Gasteiger partial charge in [0.05, 0.1) is 6.26 Å². The third-order valence-electron chi connectivity index (χ3n) is 4.51. The van der Waals surface area contributed by atoms with Gasteiger partial charge in [-0.05, 0) is 80.7 Å². The highest BCUT2D eigenvalue weighted by molar-refractivity contribution is 7.80. The molecule has 0 radical (unpaired) electrons. The molecule has 0 unspecified atom stereocenters. The van der Waals surface area contributed by atoms with Gasteiger partial charge in [0, 0.05) is 17.1 Å². The minimum Gasteiger partial charge on any atom is -0.467 e. The summed E-state index contributed by atoms with van der Waals surface area (Å²) >= 11 is 5.49. The zero-order valence-corrected chi connectivity index (χ0v) is 19.6. The fraction of sp³-hybridized carbons (Fsp3) is 0.120. The summed E-state index contributed by atoms with van der Waals surface area (Å²) in [6.07, 6.45) is 1.61. The van der Waals surface area contributed by atoms with Crippen molar-refractivity contribution in [3.63, 3.8) is 0 Å². The number of para-hydroxylation sites is 1. The van der Waals surface area contributed by atoms with Crippen LogP contribution in [0.4, 0.5) is 11.6 Å². The SMILES string of the molecule is Cc1cc(C)nc(NC(=NCc2ccco2)NC(=S)Nc2ccc(Oc3ccccc3)cc2)n1. The second-order valence-electron chi connectivity index (χ2n) is 7.36. The molecule has 0 spiro atoms. The van der Waals surface area contributed by atoms with Gasteiger partial charge >= 0.3 is 0 Å². The number of thiocarbonyl (C=S) groups is 1. The van der Waals surface area contributed by atoms with E-state index in [-0.39, 0.29) is 0 Å². The zero-order chi connectivity index (χ0) is 23.8. The number of aliphatic imine (C=N–C) groups is 1. The van der Waals surface area contributed by atoms with Crippen molar-refractivity contribution in [3.8, 4) is 11.5 Å². The maximum Gasteiger partial charge on any atom is 0.229 e. The summed E-state index contributed by atoms with van der Waals surface area (Å²) in [5, 5.41) is 9.68. The predicted octanol–water partition coefficient (Wildman–Crippen LogP) is 5.43. The van der Waals surface area contributed by atoms with Gasteiger partial charge in [-0.3, -0.25) is 5.32 Å². The molecule has 9 heteroatoms. The van der Waals surface area contributed by atoms with Gasteiger partial charge in [-0.2, -0.15) is 0 Å². The number of hydrogen-bond donors (Lipinski definition) is 3. The first-order chi connectivity index (χ1) is 16.5. The number of nitrogens with one attached hydrogen (secondary N) is 3. The number of furan rings is 1. The van der Waals surface area contributed by atoms with Crippen LogP contribution in [0.3, 0.4) is 0 Å². The molecule has 3 N–H and O–H groups in total. The largest absolute Gasteiger partial charge is 0.467 e. The van der Waals surface area contributed by atoms with Crippen LogP contribution in [-0.2, 0) is 6.54 Å². The second-order valence-corrected chi connectivity index (χ2v) is 7.77. The lowest BCUT2D eigenvalue weighted by Crippen LogP contribution is -2.39. The summed E-state index contributed by atoms with van der Waals surface area (Å²) in [7, 11) is 0. The van der Waals surface area contributed by atoms with Gasteiger partial charge in [-0.25, -0.2) is 15.0 Å². The van der Waals surface area contributed by atoms with E-state index in [1.54, 1.807) is 6.26 Å². The Morgan fingerprint density at radius 2 is 1.62 bits per heavy atom. The average Bonchev–Trinajstić information content (AvgIpc) is 3.33. The van der Waals surface area contributed by atoms with Gasteiger partial charge in [0.15, 0.2) is 5.11 Å². The van der Waals surface area contributed by atoms with Gasteiger partial charge in [-0.15, -0.1) is 0 Å². The van der Waals surface area contributed by atoms with E-state index in [1.807, 2.05) is 86.6 Å². The molecule has 0 aliphatic heterocycles. The Bertz CT molecular complexity index is 1240. The van der Waals surface area contributed by atoms with Crippen LogP contribution in [-0.4, -0.2) is 21.0 Å². The highest BCUT2D eigenvalue weighted by Gasteiger charge is 2.08. The number of anilines is 2. The first-order valence-corrected chi connectivity index (χ1v) is 11.0. The van der Waals surface area contributed by atoms with Crippen LogP contribution in [0.15, 0.2) is 88.5 Å². The number of benzene rings is 2. The molecule has 8 nitrogen and oxygen atoms in total. The highest BCUT2D eigenvalue weighted by Crippen LogP contribution is 2.22. The zero-order valence-electron chi connectivity index (χ0n) is 18.8. The van der Waals surface area contributed by atoms with E-state index in [4.69, 9.17) is 21.4 Å². The van der Waals surface area contributed by atoms with E-state index in [2.05, 4.69) is 30.9 Å². The first kappa shape index (κ1) is 22.9. The van der Waals surface area contributed by atoms with Crippen molar-refractivity contribution in [3.05, 3.63) is 96.2 Å². The van der Waals surface area contributed by atoms with Crippen LogP contribution in [0, 0.1) is 13.8 Å². The number of ether oxygens (including phenoxy) is 1. The summed E-state index contributed by atoms with van der Waals surface area (Å²) in [6, 6.07) is 22.7. The van der Waals surface area contributed by atoms with Gasteiger partial charge in [0.25, 0.3) is 0 Å². The molecule has 2 aromatic carbocycles. The quantitative estimate of drug-likeness (QED) is 0.194. The highest BCUT2D eigenvalue weighted by atomic mass is 32.1. The Morgan fingerprint density at radius 3 is 2.29 bits per heavy atom. The second kappa shape index (κ2) is 11.1. The Balaban J connectivity index is 1.41. The Hall–Kier alpha value is -4.24. The molecule has 0 amide bonds. The van der Waals surface area contributed by atoms with E-state index >= 15 is 0 Å². The Kier molecular flexibility index (Phi) is 7.46. The molecule has 0 saturated carbocycles. The number of aromatic nitrogens is 2. The number of nitrogens with zero attached hydrogens (tertiary/aromatic N) is 3. The lowest BCUT2D eigenvalue weighted by molar-refractivity contribution is 0.483. The van der Waals surface area contributed by atoms with Crippen molar-refractivity contribution >= 4 is 34.9 Å². The van der Waals surface area contributed by atoms with Crippen LogP contribution in [0.2, 0.25) is 0 Å². The van der Waals surface area contributed by atoms with E-state index < -0.39 is 0 Å². The number of rotatable bonds is 6. The molecular weight excluding hydrogens is 448 g/mol. The smallest absolute Gasteiger partial charge is 0.229 e. The standard InChI is InChI=1S/C25H24N6O2S/c1-17-15-18(2)28-24(27-17)30-23(26-16-22-9-6-14-32-22)31-25(34)29-19-10-12-21(13-11-19)33-20-7-4-3-5-8-20/h3-15H,16H2,1-2H3,(H3,26,27,28,29,30,31,34). The fourth-order valence-electron chi connectivity index (χ4n) is 3.06. The Labute approximate surface area is 203 Å². The number of hydrogen-bond acceptors (Lipinski definition) is 6. The summed E-state index contributed by atoms with van der Waals surface area (Å²) in [5.41, 5.74) is 2.49. The third-order valence-corrected chi connectivity index (χ3v) is 4.71. The van der Waals surface area contributed by atoms with E-state index in [0.29, 0.717) is 23.6 Å². The van der Waals surface area contributed by atoms with Crippen molar-refractivity contribution < 1.29 is 9.15 Å². The summed E-state index contributed by atoms with van der Waals surface area (Å²) < 4.78 is 11.2. The molecule has 2 heterocycles. The van der Waals surface area contributed by atoms with Crippen LogP contribution in [0.1, 0.15) is 17.1 Å². The van der Waals surface area contributed by atoms with E-state index in [1.165, 1.54) is 0 Å². The molecule has 172 valence electrons. The van der Waals surface area contributed by atoms with Crippen LogP contribution in [0.5, 0.6) is 11.5 Å². The fourth-order valence-corrected chi connectivity index (χ4v) is 3.27. The molecule has 4 aromatic rings. The molecule has 0 atom stereocenters. The Morgan fingerprint density at radius 1 is 0.912 bits per heavy atom. The molecule has 0 saturated heterocycles. The minimum absolute atomic E-state index is 0.321. The molecule has 0 fully saturated rings. The van der Waals surface area contributed by atoms with Gasteiger partial charge in [0.1, 0.15) is 23.8 Å². The molecule has 2 aromatic heterocycles. The van der Waals surface area contributed by atoms with Gasteiger partial charge in [-0.1, -0.05) is 18.2 Å². The van der Waals surface area contributed by atoms with E-state index in [0.717, 1.165) is 34.3 Å². The molecule has 0 bridgehead atoms. The van der Waals surface area contributed by atoms with Crippen LogP contribution < -0.4 is 20.7 Å². The van der Waals surface area contributed by atoms with Crippen LogP contribution in [0.25, 0.3) is 0 Å². The summed E-state index contributed by atoms with van der Waals surface area (Å²) in [4.78, 5) is 13.4. The lowest BCUT2D eigenvalue weighted by atomic mass is 10.3. The monoisotopic (exact) mass is 472 g/mol. The molecular formula is C25H24N6O2S. The van der Waals surface area contributed by atoms with Gasteiger partial charge in [0.2, 0.25) is 11.9 Å². The van der Waals surface area contributed by atoms with E-state index in [9.17, 15) is 0 Å². The maximum atomic E-state index is 5.83. The predicted molar refractivity (Wildman–Crippen MR) is 137 cm³/mol. The minimum atomic E-state index is 0.321. The first-order valence-electron chi connectivity index (χ1n) is 10.6. The summed E-state index contributed by atoms with van der Waals surface area (Å²) in [5.74, 6) is 3.04. The average molecular weight is 473 g/mol. The topological polar surface area (TPSA) is 96.6 Å². The lowest BCUT2D eigenvalue weighted by Gasteiger charge is -2.14.